The minimum atomic E-state index is -0.426. The molecule has 1 saturated heterocycles. The van der Waals surface area contributed by atoms with E-state index in [-0.39, 0.29) is 22.9 Å². The summed E-state index contributed by atoms with van der Waals surface area (Å²) >= 11 is 5.93. The smallest absolute Gasteiger partial charge is 0.310 e. The Bertz CT molecular complexity index is 467. The lowest BCUT2D eigenvalue weighted by Gasteiger charge is -2.38. The van der Waals surface area contributed by atoms with Crippen molar-refractivity contribution in [1.82, 2.24) is 0 Å². The fraction of sp³-hybridized carbons (Fsp3) is 0.500. The summed E-state index contributed by atoms with van der Waals surface area (Å²) in [6, 6.07) is 5.10. The van der Waals surface area contributed by atoms with Crippen LogP contribution in [0.4, 0.5) is 11.4 Å². The predicted octanol–water partition coefficient (Wildman–Crippen LogP) is 2.86. The Morgan fingerprint density at radius 3 is 2.89 bits per heavy atom. The minimum absolute atomic E-state index is 0.0277. The average molecular weight is 271 g/mol. The number of para-hydroxylation sites is 1. The van der Waals surface area contributed by atoms with Crippen LogP contribution in [0.5, 0.6) is 0 Å². The van der Waals surface area contributed by atoms with Crippen LogP contribution in [0.3, 0.4) is 0 Å². The highest BCUT2D eigenvalue weighted by atomic mass is 35.5. The van der Waals surface area contributed by atoms with E-state index >= 15 is 0 Å². The fourth-order valence-corrected chi connectivity index (χ4v) is 2.39. The van der Waals surface area contributed by atoms with E-state index in [4.69, 9.17) is 16.3 Å². The molecule has 1 heterocycles. The summed E-state index contributed by atoms with van der Waals surface area (Å²) in [5.41, 5.74) is 0.537. The molecule has 18 heavy (non-hydrogen) atoms. The van der Waals surface area contributed by atoms with E-state index in [1.54, 1.807) is 12.1 Å². The van der Waals surface area contributed by atoms with Gasteiger partial charge in [-0.25, -0.2) is 0 Å². The molecule has 2 atom stereocenters. The van der Waals surface area contributed by atoms with Gasteiger partial charge in [0.2, 0.25) is 0 Å². The molecular weight excluding hydrogens is 256 g/mol. The van der Waals surface area contributed by atoms with Gasteiger partial charge in [-0.05, 0) is 26.0 Å². The number of benzene rings is 1. The fourth-order valence-electron chi connectivity index (χ4n) is 2.16. The van der Waals surface area contributed by atoms with E-state index in [1.807, 2.05) is 18.7 Å². The largest absolute Gasteiger partial charge is 0.375 e. The van der Waals surface area contributed by atoms with Crippen LogP contribution in [-0.4, -0.2) is 30.2 Å². The van der Waals surface area contributed by atoms with Gasteiger partial charge >= 0.3 is 5.69 Å². The summed E-state index contributed by atoms with van der Waals surface area (Å²) in [7, 11) is 0. The molecule has 0 bridgehead atoms. The highest BCUT2D eigenvalue weighted by Crippen LogP contribution is 2.36. The first-order valence-electron chi connectivity index (χ1n) is 5.82. The molecule has 1 aliphatic rings. The third-order valence-corrected chi connectivity index (χ3v) is 3.37. The first kappa shape index (κ1) is 13.1. The Hall–Kier alpha value is -1.33. The summed E-state index contributed by atoms with van der Waals surface area (Å²) in [5, 5.41) is 11.3. The second kappa shape index (κ2) is 5.12. The number of anilines is 1. The van der Waals surface area contributed by atoms with E-state index in [9.17, 15) is 10.1 Å². The van der Waals surface area contributed by atoms with Crippen LogP contribution in [-0.2, 0) is 4.74 Å². The van der Waals surface area contributed by atoms with Crippen molar-refractivity contribution in [3.05, 3.63) is 33.3 Å². The summed E-state index contributed by atoms with van der Waals surface area (Å²) in [6.45, 7) is 5.12. The van der Waals surface area contributed by atoms with Gasteiger partial charge in [-0.2, -0.15) is 0 Å². The molecule has 0 aliphatic carbocycles. The number of rotatable bonds is 2. The van der Waals surface area contributed by atoms with Crippen LogP contribution in [0.2, 0.25) is 5.02 Å². The van der Waals surface area contributed by atoms with Crippen molar-refractivity contribution < 1.29 is 9.66 Å². The van der Waals surface area contributed by atoms with Crippen LogP contribution in [0.15, 0.2) is 18.2 Å². The second-order valence-corrected chi connectivity index (χ2v) is 4.92. The molecule has 2 rings (SSSR count). The summed E-state index contributed by atoms with van der Waals surface area (Å²) in [4.78, 5) is 12.7. The van der Waals surface area contributed by atoms with E-state index in [0.29, 0.717) is 18.8 Å². The molecular formula is C12H15ClN2O3. The molecule has 6 heteroatoms. The zero-order valence-corrected chi connectivity index (χ0v) is 11.1. The molecule has 1 aromatic carbocycles. The topological polar surface area (TPSA) is 55.6 Å². The Balaban J connectivity index is 2.43. The third-order valence-electron chi connectivity index (χ3n) is 3.07. The summed E-state index contributed by atoms with van der Waals surface area (Å²) in [6.07, 6.45) is 0.0554. The molecule has 1 aliphatic heterocycles. The molecule has 0 aromatic heterocycles. The molecule has 2 unspecified atom stereocenters. The van der Waals surface area contributed by atoms with E-state index < -0.39 is 4.92 Å². The molecule has 0 N–H and O–H groups in total. The van der Waals surface area contributed by atoms with Crippen LogP contribution in [0, 0.1) is 10.1 Å². The van der Waals surface area contributed by atoms with Gasteiger partial charge in [0.25, 0.3) is 0 Å². The molecule has 0 amide bonds. The maximum Gasteiger partial charge on any atom is 0.310 e. The van der Waals surface area contributed by atoms with E-state index in [1.165, 1.54) is 6.07 Å². The van der Waals surface area contributed by atoms with Crippen LogP contribution in [0.1, 0.15) is 13.8 Å². The summed E-state index contributed by atoms with van der Waals surface area (Å²) in [5.74, 6) is 0. The lowest BCUT2D eigenvalue weighted by molar-refractivity contribution is -0.384. The molecule has 1 fully saturated rings. The van der Waals surface area contributed by atoms with E-state index in [0.717, 1.165) is 0 Å². The van der Waals surface area contributed by atoms with Crippen LogP contribution in [0.25, 0.3) is 0 Å². The first-order chi connectivity index (χ1) is 8.50. The van der Waals surface area contributed by atoms with Crippen molar-refractivity contribution in [3.63, 3.8) is 0 Å². The number of halogens is 1. The highest BCUT2D eigenvalue weighted by Gasteiger charge is 2.30. The van der Waals surface area contributed by atoms with Gasteiger partial charge in [-0.1, -0.05) is 17.7 Å². The number of hydrogen-bond acceptors (Lipinski definition) is 4. The molecule has 1 aromatic rings. The van der Waals surface area contributed by atoms with Gasteiger partial charge in [0.15, 0.2) is 0 Å². The lowest BCUT2D eigenvalue weighted by Crippen LogP contribution is -2.47. The zero-order valence-electron chi connectivity index (χ0n) is 10.3. The molecule has 5 nitrogen and oxygen atoms in total. The third kappa shape index (κ3) is 2.42. The van der Waals surface area contributed by atoms with Gasteiger partial charge in [-0.3, -0.25) is 10.1 Å². The lowest BCUT2D eigenvalue weighted by atomic mass is 10.1. The predicted molar refractivity (Wildman–Crippen MR) is 70.3 cm³/mol. The molecule has 0 saturated carbocycles. The van der Waals surface area contributed by atoms with Gasteiger partial charge < -0.3 is 9.64 Å². The Kier molecular flexibility index (Phi) is 3.73. The number of nitro benzene ring substituents is 1. The normalized spacial score (nSPS) is 24.1. The Morgan fingerprint density at radius 1 is 1.50 bits per heavy atom. The van der Waals surface area contributed by atoms with Crippen molar-refractivity contribution in [2.24, 2.45) is 0 Å². The molecule has 0 radical (unpaired) electrons. The monoisotopic (exact) mass is 270 g/mol. The van der Waals surface area contributed by atoms with Crippen LogP contribution >= 0.6 is 11.6 Å². The highest BCUT2D eigenvalue weighted by molar-refractivity contribution is 6.33. The van der Waals surface area contributed by atoms with E-state index in [2.05, 4.69) is 0 Å². The SMILES string of the molecule is CC1CN(c2cccc(Cl)c2[N+](=O)[O-])C(C)CO1. The number of hydrogen-bond donors (Lipinski definition) is 0. The Labute approximate surface area is 110 Å². The van der Waals surface area contributed by atoms with Crippen molar-refractivity contribution in [3.8, 4) is 0 Å². The minimum Gasteiger partial charge on any atom is -0.375 e. The van der Waals surface area contributed by atoms with Gasteiger partial charge in [0.05, 0.1) is 17.6 Å². The number of morpholine rings is 1. The average Bonchev–Trinajstić information content (AvgIpc) is 2.31. The van der Waals surface area contributed by atoms with Gasteiger partial charge in [0, 0.05) is 12.6 Å². The van der Waals surface area contributed by atoms with Crippen molar-refractivity contribution in [1.29, 1.82) is 0 Å². The van der Waals surface area contributed by atoms with Crippen LogP contribution < -0.4 is 4.90 Å². The van der Waals surface area contributed by atoms with Crippen molar-refractivity contribution in [2.75, 3.05) is 18.1 Å². The molecule has 98 valence electrons. The maximum absolute atomic E-state index is 11.1. The van der Waals surface area contributed by atoms with Crippen molar-refractivity contribution in [2.45, 2.75) is 26.0 Å². The number of nitro groups is 1. The van der Waals surface area contributed by atoms with Crippen molar-refractivity contribution >= 4 is 23.0 Å². The Morgan fingerprint density at radius 2 is 2.22 bits per heavy atom. The molecule has 0 spiro atoms. The number of nitrogens with zero attached hydrogens (tertiary/aromatic N) is 2. The van der Waals surface area contributed by atoms with Gasteiger partial charge in [-0.15, -0.1) is 0 Å². The van der Waals surface area contributed by atoms with Gasteiger partial charge in [0.1, 0.15) is 10.7 Å². The zero-order chi connectivity index (χ0) is 13.3. The number of ether oxygens (including phenoxy) is 1. The maximum atomic E-state index is 11.1. The quantitative estimate of drug-likeness (QED) is 0.612. The standard InChI is InChI=1S/C12H15ClN2O3/c1-8-7-18-9(2)6-14(8)11-5-3-4-10(13)12(11)15(16)17/h3-5,8-9H,6-7H2,1-2H3. The first-order valence-corrected chi connectivity index (χ1v) is 6.19. The summed E-state index contributed by atoms with van der Waals surface area (Å²) < 4.78 is 5.53. The second-order valence-electron chi connectivity index (χ2n) is 4.51.